The third-order valence-electron chi connectivity index (χ3n) is 4.78. The van der Waals surface area contributed by atoms with Gasteiger partial charge in [-0.1, -0.05) is 60.7 Å². The molecule has 2 heteroatoms. The number of benzene rings is 4. The molecule has 0 N–H and O–H groups in total. The number of rotatable bonds is 3. The number of hydrogen-bond acceptors (Lipinski definition) is 1. The molecule has 0 aliphatic heterocycles. The van der Waals surface area contributed by atoms with Gasteiger partial charge in [-0.05, 0) is 48.2 Å². The van der Waals surface area contributed by atoms with Crippen molar-refractivity contribution < 1.29 is 0 Å². The second kappa shape index (κ2) is 6.54. The molecule has 0 bridgehead atoms. The summed E-state index contributed by atoms with van der Waals surface area (Å²) >= 11 is 0. The Labute approximate surface area is 154 Å². The molecule has 0 radical (unpaired) electrons. The molecule has 0 spiro atoms. The van der Waals surface area contributed by atoms with Gasteiger partial charge in [0.15, 0.2) is 5.69 Å². The lowest BCUT2D eigenvalue weighted by Gasteiger charge is -2.31. The highest BCUT2D eigenvalue weighted by Gasteiger charge is 2.17. The Morgan fingerprint density at radius 1 is 0.769 bits per heavy atom. The molecule has 0 saturated heterocycles. The van der Waals surface area contributed by atoms with Crippen LogP contribution in [0.3, 0.4) is 0 Å². The van der Waals surface area contributed by atoms with Crippen molar-refractivity contribution in [3.8, 4) is 0 Å². The fourth-order valence-corrected chi connectivity index (χ4v) is 3.64. The van der Waals surface area contributed by atoms with Crippen LogP contribution in [-0.4, -0.2) is 6.04 Å². The van der Waals surface area contributed by atoms with E-state index in [4.69, 9.17) is 6.57 Å². The minimum atomic E-state index is 0.290. The van der Waals surface area contributed by atoms with E-state index in [0.29, 0.717) is 11.7 Å². The van der Waals surface area contributed by atoms with Crippen LogP contribution in [0.15, 0.2) is 78.9 Å². The van der Waals surface area contributed by atoms with Gasteiger partial charge in [0.05, 0.1) is 6.57 Å². The summed E-state index contributed by atoms with van der Waals surface area (Å²) < 4.78 is 0. The van der Waals surface area contributed by atoms with Crippen molar-refractivity contribution in [1.82, 2.24) is 0 Å². The van der Waals surface area contributed by atoms with Gasteiger partial charge in [-0.2, -0.15) is 0 Å². The highest BCUT2D eigenvalue weighted by molar-refractivity contribution is 6.13. The SMILES string of the molecule is [C-]#[N+]c1ccc(N(c2cc3ccccc3c3ccccc23)C(C)C)cc1. The zero-order chi connectivity index (χ0) is 18.1. The summed E-state index contributed by atoms with van der Waals surface area (Å²) in [4.78, 5) is 5.86. The predicted octanol–water partition coefficient (Wildman–Crippen LogP) is 7.09. The quantitative estimate of drug-likeness (QED) is 0.286. The first-order chi connectivity index (χ1) is 12.7. The van der Waals surface area contributed by atoms with Crippen molar-refractivity contribution in [2.45, 2.75) is 19.9 Å². The van der Waals surface area contributed by atoms with Gasteiger partial charge in [-0.25, -0.2) is 4.85 Å². The minimum Gasteiger partial charge on any atom is -0.339 e. The van der Waals surface area contributed by atoms with Gasteiger partial charge < -0.3 is 4.90 Å². The first kappa shape index (κ1) is 16.2. The number of fused-ring (bicyclic) bond motifs is 3. The van der Waals surface area contributed by atoms with E-state index < -0.39 is 0 Å². The van der Waals surface area contributed by atoms with Crippen molar-refractivity contribution in [3.63, 3.8) is 0 Å². The average Bonchev–Trinajstić information content (AvgIpc) is 2.68. The molecule has 4 aromatic carbocycles. The lowest BCUT2D eigenvalue weighted by atomic mass is 9.99. The van der Waals surface area contributed by atoms with Gasteiger partial charge >= 0.3 is 0 Å². The topological polar surface area (TPSA) is 7.60 Å². The molecule has 0 unspecified atom stereocenters. The zero-order valence-corrected chi connectivity index (χ0v) is 15.0. The second-order valence-corrected chi connectivity index (χ2v) is 6.75. The van der Waals surface area contributed by atoms with Crippen molar-refractivity contribution in [2.75, 3.05) is 4.90 Å². The van der Waals surface area contributed by atoms with Crippen molar-refractivity contribution in [2.24, 2.45) is 0 Å². The third kappa shape index (κ3) is 2.68. The molecule has 0 aliphatic carbocycles. The largest absolute Gasteiger partial charge is 0.339 e. The second-order valence-electron chi connectivity index (χ2n) is 6.75. The van der Waals surface area contributed by atoms with Crippen molar-refractivity contribution in [1.29, 1.82) is 0 Å². The smallest absolute Gasteiger partial charge is 0.187 e. The third-order valence-corrected chi connectivity index (χ3v) is 4.78. The molecule has 0 amide bonds. The van der Waals surface area contributed by atoms with Crippen LogP contribution >= 0.6 is 0 Å². The summed E-state index contributed by atoms with van der Waals surface area (Å²) in [6.45, 7) is 11.6. The van der Waals surface area contributed by atoms with Crippen LogP contribution in [0.5, 0.6) is 0 Å². The molecule has 0 atom stereocenters. The normalized spacial score (nSPS) is 11.0. The predicted molar refractivity (Wildman–Crippen MR) is 111 cm³/mol. The fraction of sp³-hybridized carbons (Fsp3) is 0.125. The van der Waals surface area contributed by atoms with Gasteiger partial charge in [0, 0.05) is 22.8 Å². The molecule has 126 valence electrons. The van der Waals surface area contributed by atoms with E-state index >= 15 is 0 Å². The van der Waals surface area contributed by atoms with Crippen molar-refractivity contribution >= 4 is 38.6 Å². The highest BCUT2D eigenvalue weighted by Crippen LogP contribution is 2.38. The number of anilines is 2. The van der Waals surface area contributed by atoms with Crippen LogP contribution in [0.4, 0.5) is 17.1 Å². The summed E-state index contributed by atoms with van der Waals surface area (Å²) in [5, 5.41) is 5.03. The van der Waals surface area contributed by atoms with E-state index in [1.807, 2.05) is 24.3 Å². The summed E-state index contributed by atoms with van der Waals surface area (Å²) in [5.74, 6) is 0. The Morgan fingerprint density at radius 2 is 1.38 bits per heavy atom. The molecule has 26 heavy (non-hydrogen) atoms. The van der Waals surface area contributed by atoms with Crippen LogP contribution in [-0.2, 0) is 0 Å². The van der Waals surface area contributed by atoms with Crippen LogP contribution < -0.4 is 4.90 Å². The first-order valence-electron chi connectivity index (χ1n) is 8.86. The maximum Gasteiger partial charge on any atom is 0.187 e. The number of hydrogen-bond donors (Lipinski definition) is 0. The highest BCUT2D eigenvalue weighted by atomic mass is 15.2. The molecular weight excluding hydrogens is 316 g/mol. The Hall–Kier alpha value is -3.31. The molecule has 0 aromatic heterocycles. The molecule has 2 nitrogen and oxygen atoms in total. The Kier molecular flexibility index (Phi) is 4.07. The van der Waals surface area contributed by atoms with Gasteiger partial charge in [0.25, 0.3) is 0 Å². The lowest BCUT2D eigenvalue weighted by Crippen LogP contribution is -2.25. The maximum atomic E-state index is 7.18. The van der Waals surface area contributed by atoms with E-state index in [-0.39, 0.29) is 0 Å². The van der Waals surface area contributed by atoms with E-state index in [2.05, 4.69) is 78.2 Å². The fourth-order valence-electron chi connectivity index (χ4n) is 3.64. The Balaban J connectivity index is 2.01. The lowest BCUT2D eigenvalue weighted by molar-refractivity contribution is 0.792. The van der Waals surface area contributed by atoms with E-state index in [1.165, 1.54) is 27.2 Å². The standard InChI is InChI=1S/C24H20N2/c1-17(2)26(20-14-12-19(25-3)13-15-20)24-16-18-8-4-5-9-21(18)22-10-6-7-11-23(22)24/h4-17H,1-2H3. The monoisotopic (exact) mass is 336 g/mol. The average molecular weight is 336 g/mol. The summed E-state index contributed by atoms with van der Waals surface area (Å²) in [6.07, 6.45) is 0. The zero-order valence-electron chi connectivity index (χ0n) is 15.0. The summed E-state index contributed by atoms with van der Waals surface area (Å²) in [7, 11) is 0. The summed E-state index contributed by atoms with van der Waals surface area (Å²) in [5.41, 5.74) is 2.97. The molecule has 0 fully saturated rings. The maximum absolute atomic E-state index is 7.18. The van der Waals surface area contributed by atoms with E-state index in [1.54, 1.807) is 0 Å². The molecule has 0 saturated carbocycles. The number of nitrogens with zero attached hydrogens (tertiary/aromatic N) is 2. The summed E-state index contributed by atoms with van der Waals surface area (Å²) in [6, 6.07) is 27.6. The Morgan fingerprint density at radius 3 is 2.04 bits per heavy atom. The molecular formula is C24H20N2. The van der Waals surface area contributed by atoms with Gasteiger partial charge in [-0.3, -0.25) is 0 Å². The van der Waals surface area contributed by atoms with Crippen LogP contribution in [0, 0.1) is 6.57 Å². The van der Waals surface area contributed by atoms with E-state index in [0.717, 1.165) is 5.69 Å². The molecule has 0 heterocycles. The van der Waals surface area contributed by atoms with Gasteiger partial charge in [-0.15, -0.1) is 0 Å². The van der Waals surface area contributed by atoms with Gasteiger partial charge in [0.2, 0.25) is 0 Å². The molecule has 4 aromatic rings. The van der Waals surface area contributed by atoms with Crippen LogP contribution in [0.25, 0.3) is 26.4 Å². The molecule has 0 aliphatic rings. The van der Waals surface area contributed by atoms with Crippen molar-refractivity contribution in [3.05, 3.63) is 90.3 Å². The Bertz CT molecular complexity index is 1120. The minimum absolute atomic E-state index is 0.290. The first-order valence-corrected chi connectivity index (χ1v) is 8.86. The van der Waals surface area contributed by atoms with Crippen LogP contribution in [0.2, 0.25) is 0 Å². The molecule has 4 rings (SSSR count). The van der Waals surface area contributed by atoms with Crippen LogP contribution in [0.1, 0.15) is 13.8 Å². The van der Waals surface area contributed by atoms with Gasteiger partial charge in [0.1, 0.15) is 0 Å². The van der Waals surface area contributed by atoms with E-state index in [9.17, 15) is 0 Å².